The molecule has 1 fully saturated rings. The second kappa shape index (κ2) is 7.39. The van der Waals surface area contributed by atoms with Gasteiger partial charge in [-0.2, -0.15) is 5.10 Å². The molecule has 30 heavy (non-hydrogen) atoms. The van der Waals surface area contributed by atoms with Crippen molar-refractivity contribution in [3.05, 3.63) is 35.9 Å². The Labute approximate surface area is 176 Å². The van der Waals surface area contributed by atoms with E-state index in [1.54, 1.807) is 4.52 Å². The van der Waals surface area contributed by atoms with Crippen LogP contribution in [-0.4, -0.2) is 36.6 Å². The minimum absolute atomic E-state index is 0.286. The summed E-state index contributed by atoms with van der Waals surface area (Å²) in [5.41, 5.74) is 5.48. The molecule has 0 saturated heterocycles. The van der Waals surface area contributed by atoms with Crippen molar-refractivity contribution in [2.24, 2.45) is 5.92 Å². The highest BCUT2D eigenvalue weighted by molar-refractivity contribution is 7.22. The number of aromatic nitrogens is 5. The summed E-state index contributed by atoms with van der Waals surface area (Å²) in [4.78, 5) is 26.5. The molecule has 4 aromatic rings. The Bertz CT molecular complexity index is 1270. The van der Waals surface area contributed by atoms with E-state index >= 15 is 0 Å². The highest BCUT2D eigenvalue weighted by Crippen LogP contribution is 2.37. The van der Waals surface area contributed by atoms with Gasteiger partial charge in [0.1, 0.15) is 22.8 Å². The van der Waals surface area contributed by atoms with Crippen LogP contribution >= 0.6 is 11.3 Å². The number of hydrogen-bond donors (Lipinski definition) is 1. The van der Waals surface area contributed by atoms with Crippen LogP contribution in [0, 0.1) is 12.8 Å². The molecule has 0 bridgehead atoms. The molecule has 1 N–H and O–H groups in total. The smallest absolute Gasteiger partial charge is 0.232 e. The number of anilines is 1. The number of amides is 1. The quantitative estimate of drug-likeness (QED) is 0.497. The maximum atomic E-state index is 13.2. The fourth-order valence-corrected chi connectivity index (χ4v) is 4.53. The number of thiazole rings is 1. The second-order valence-corrected chi connectivity index (χ2v) is 8.68. The van der Waals surface area contributed by atoms with E-state index in [4.69, 9.17) is 0 Å². The maximum absolute atomic E-state index is 13.2. The summed E-state index contributed by atoms with van der Waals surface area (Å²) in [7, 11) is 0. The van der Waals surface area contributed by atoms with Crippen LogP contribution in [0.5, 0.6) is 0 Å². The van der Waals surface area contributed by atoms with Crippen LogP contribution in [0.2, 0.25) is 0 Å². The minimum Gasteiger partial charge on any atom is -0.302 e. The van der Waals surface area contributed by atoms with E-state index in [1.807, 2.05) is 12.3 Å². The lowest BCUT2D eigenvalue weighted by Gasteiger charge is -2.09. The fraction of sp³-hybridized carbons (Fsp3) is 0.381. The molecule has 4 aromatic heterocycles. The molecular formula is C21H21FN6OS. The van der Waals surface area contributed by atoms with E-state index < -0.39 is 12.1 Å². The zero-order chi connectivity index (χ0) is 20.8. The molecule has 1 saturated carbocycles. The zero-order valence-electron chi connectivity index (χ0n) is 16.7. The number of halogens is 1. The number of aryl methyl sites for hydroxylation is 2. The van der Waals surface area contributed by atoms with Gasteiger partial charge in [0.25, 0.3) is 0 Å². The SMILES string of the molecule is CCCCc1cc(C)c(-c2cc3nc(NC(=O)C4CC4F)sc3n3ncnc23)cn1. The summed E-state index contributed by atoms with van der Waals surface area (Å²) in [6.07, 6.45) is 5.86. The largest absolute Gasteiger partial charge is 0.302 e. The van der Waals surface area contributed by atoms with Gasteiger partial charge in [-0.1, -0.05) is 24.7 Å². The average molecular weight is 425 g/mol. The van der Waals surface area contributed by atoms with Crippen molar-refractivity contribution in [3.63, 3.8) is 0 Å². The van der Waals surface area contributed by atoms with Crippen molar-refractivity contribution in [3.8, 4) is 11.1 Å². The minimum atomic E-state index is -1.04. The van der Waals surface area contributed by atoms with Gasteiger partial charge < -0.3 is 5.32 Å². The van der Waals surface area contributed by atoms with Gasteiger partial charge in [-0.05, 0) is 43.9 Å². The highest BCUT2D eigenvalue weighted by atomic mass is 32.1. The number of rotatable bonds is 6. The van der Waals surface area contributed by atoms with Crippen LogP contribution in [-0.2, 0) is 11.2 Å². The van der Waals surface area contributed by atoms with Gasteiger partial charge in [0.2, 0.25) is 5.91 Å². The van der Waals surface area contributed by atoms with Crippen LogP contribution in [0.4, 0.5) is 9.52 Å². The molecule has 154 valence electrons. The normalized spacial score (nSPS) is 18.2. The predicted molar refractivity (Wildman–Crippen MR) is 114 cm³/mol. The number of carbonyl (C=O) groups excluding carboxylic acids is 1. The summed E-state index contributed by atoms with van der Waals surface area (Å²) in [6.45, 7) is 4.24. The van der Waals surface area contributed by atoms with Crippen molar-refractivity contribution in [2.45, 2.75) is 45.7 Å². The van der Waals surface area contributed by atoms with Crippen molar-refractivity contribution in [2.75, 3.05) is 5.32 Å². The number of unbranched alkanes of at least 4 members (excludes halogenated alkanes) is 1. The molecule has 1 aliphatic rings. The highest BCUT2D eigenvalue weighted by Gasteiger charge is 2.43. The third kappa shape index (κ3) is 3.32. The summed E-state index contributed by atoms with van der Waals surface area (Å²) in [5, 5.41) is 7.53. The number of pyridine rings is 2. The van der Waals surface area contributed by atoms with E-state index in [2.05, 4.69) is 45.3 Å². The van der Waals surface area contributed by atoms with Crippen LogP contribution in [0.1, 0.15) is 37.4 Å². The molecule has 1 amide bonds. The maximum Gasteiger partial charge on any atom is 0.232 e. The first-order valence-corrected chi connectivity index (χ1v) is 10.9. The topological polar surface area (TPSA) is 85.1 Å². The fourth-order valence-electron chi connectivity index (χ4n) is 3.62. The molecule has 0 radical (unpaired) electrons. The lowest BCUT2D eigenvalue weighted by molar-refractivity contribution is -0.117. The van der Waals surface area contributed by atoms with E-state index in [0.29, 0.717) is 16.3 Å². The lowest BCUT2D eigenvalue weighted by atomic mass is 10.0. The standard InChI is InChI=1S/C21H21FN6OS/c1-3-4-5-12-6-11(2)15(9-23-12)13-8-17-20(28-18(13)24-10-25-28)30-21(26-17)27-19(29)14-7-16(14)22/h6,8-10,14,16H,3-5,7H2,1-2H3,(H,26,27,29). The van der Waals surface area contributed by atoms with Crippen LogP contribution in [0.3, 0.4) is 0 Å². The van der Waals surface area contributed by atoms with Crippen molar-refractivity contribution >= 4 is 38.4 Å². The summed E-state index contributed by atoms with van der Waals surface area (Å²) >= 11 is 1.31. The Balaban J connectivity index is 1.55. The second-order valence-electron chi connectivity index (χ2n) is 7.70. The van der Waals surface area contributed by atoms with Gasteiger partial charge in [0, 0.05) is 23.0 Å². The molecule has 7 nitrogen and oxygen atoms in total. The molecule has 0 aromatic carbocycles. The first-order valence-electron chi connectivity index (χ1n) is 10.1. The van der Waals surface area contributed by atoms with Crippen molar-refractivity contribution < 1.29 is 9.18 Å². The van der Waals surface area contributed by atoms with Crippen LogP contribution < -0.4 is 5.32 Å². The average Bonchev–Trinajstić information content (AvgIpc) is 3.11. The van der Waals surface area contributed by atoms with Crippen molar-refractivity contribution in [1.29, 1.82) is 0 Å². The molecule has 5 rings (SSSR count). The Morgan fingerprint density at radius 3 is 2.90 bits per heavy atom. The Hall–Kier alpha value is -2.94. The van der Waals surface area contributed by atoms with E-state index in [0.717, 1.165) is 46.5 Å². The number of nitrogens with one attached hydrogen (secondary N) is 1. The number of carbonyl (C=O) groups is 1. The number of fused-ring (bicyclic) bond motifs is 3. The van der Waals surface area contributed by atoms with E-state index in [9.17, 15) is 9.18 Å². The molecule has 2 unspecified atom stereocenters. The molecular weight excluding hydrogens is 403 g/mol. The summed E-state index contributed by atoms with van der Waals surface area (Å²) < 4.78 is 14.9. The first kappa shape index (κ1) is 19.0. The van der Waals surface area contributed by atoms with E-state index in [1.165, 1.54) is 17.7 Å². The van der Waals surface area contributed by atoms with Crippen LogP contribution in [0.15, 0.2) is 24.7 Å². The van der Waals surface area contributed by atoms with Gasteiger partial charge in [-0.3, -0.25) is 9.78 Å². The summed E-state index contributed by atoms with van der Waals surface area (Å²) in [6, 6.07) is 4.08. The Morgan fingerprint density at radius 2 is 2.17 bits per heavy atom. The van der Waals surface area contributed by atoms with Gasteiger partial charge in [0.15, 0.2) is 10.8 Å². The Morgan fingerprint density at radius 1 is 1.33 bits per heavy atom. The monoisotopic (exact) mass is 424 g/mol. The van der Waals surface area contributed by atoms with Crippen LogP contribution in [0.25, 0.3) is 27.1 Å². The third-order valence-electron chi connectivity index (χ3n) is 5.42. The van der Waals surface area contributed by atoms with Gasteiger partial charge >= 0.3 is 0 Å². The van der Waals surface area contributed by atoms with Gasteiger partial charge in [-0.25, -0.2) is 18.9 Å². The molecule has 9 heteroatoms. The third-order valence-corrected chi connectivity index (χ3v) is 6.38. The number of hydrogen-bond acceptors (Lipinski definition) is 6. The first-order chi connectivity index (χ1) is 14.5. The van der Waals surface area contributed by atoms with Gasteiger partial charge in [0.05, 0.1) is 5.92 Å². The van der Waals surface area contributed by atoms with Gasteiger partial charge in [-0.15, -0.1) is 0 Å². The van der Waals surface area contributed by atoms with E-state index in [-0.39, 0.29) is 12.3 Å². The predicted octanol–water partition coefficient (Wildman–Crippen LogP) is 4.35. The van der Waals surface area contributed by atoms with Crippen molar-refractivity contribution in [1.82, 2.24) is 24.6 Å². The molecule has 0 aliphatic heterocycles. The lowest BCUT2D eigenvalue weighted by Crippen LogP contribution is -2.14. The molecule has 1 aliphatic carbocycles. The number of nitrogens with zero attached hydrogens (tertiary/aromatic N) is 5. The molecule has 2 atom stereocenters. The molecule has 0 spiro atoms. The molecule has 4 heterocycles. The summed E-state index contributed by atoms with van der Waals surface area (Å²) in [5.74, 6) is -0.877. The number of alkyl halides is 1. The zero-order valence-corrected chi connectivity index (χ0v) is 17.5. The Kier molecular flexibility index (Phi) is 4.69.